The maximum Gasteiger partial charge on any atom is 0.414 e. The van der Waals surface area contributed by atoms with E-state index in [1.54, 1.807) is 56.6 Å². The molecular weight excluding hydrogens is 374 g/mol. The van der Waals surface area contributed by atoms with Crippen molar-refractivity contribution in [3.8, 4) is 23.0 Å². The molecule has 0 spiro atoms. The van der Waals surface area contributed by atoms with Gasteiger partial charge >= 0.3 is 6.09 Å². The van der Waals surface area contributed by atoms with Crippen molar-refractivity contribution in [1.29, 1.82) is 0 Å². The Balaban J connectivity index is 1.98. The number of para-hydroxylation sites is 1. The number of allylic oxidation sites excluding steroid dienone is 1. The maximum absolute atomic E-state index is 12.7. The predicted molar refractivity (Wildman–Crippen MR) is 108 cm³/mol. The highest BCUT2D eigenvalue weighted by Crippen LogP contribution is 2.38. The lowest BCUT2D eigenvalue weighted by molar-refractivity contribution is 0.101. The second-order valence-electron chi connectivity index (χ2n) is 6.40. The molecule has 1 heterocycles. The van der Waals surface area contributed by atoms with E-state index < -0.39 is 6.09 Å². The summed E-state index contributed by atoms with van der Waals surface area (Å²) in [5, 5.41) is 0. The molecule has 1 aliphatic heterocycles. The second-order valence-corrected chi connectivity index (χ2v) is 6.40. The number of amides is 1. The molecule has 0 aliphatic carbocycles. The first kappa shape index (κ1) is 20.3. The average Bonchev–Trinajstić information content (AvgIpc) is 2.99. The summed E-state index contributed by atoms with van der Waals surface area (Å²) in [6, 6.07) is 10.3. The number of nitrogens with zero attached hydrogens (tertiary/aromatic N) is 1. The molecule has 152 valence electrons. The summed E-state index contributed by atoms with van der Waals surface area (Å²) in [6.45, 7) is 4.62. The molecular formula is C22H23NO6. The van der Waals surface area contributed by atoms with Crippen molar-refractivity contribution in [3.63, 3.8) is 0 Å². The fourth-order valence-electron chi connectivity index (χ4n) is 2.77. The molecule has 0 unspecified atom stereocenters. The number of hydrogen-bond acceptors (Lipinski definition) is 6. The first-order valence-electron chi connectivity index (χ1n) is 9.30. The summed E-state index contributed by atoms with van der Waals surface area (Å²) >= 11 is 0. The van der Waals surface area contributed by atoms with Gasteiger partial charge in [-0.25, -0.2) is 4.79 Å². The molecule has 0 saturated heterocycles. The van der Waals surface area contributed by atoms with Gasteiger partial charge in [0.2, 0.25) is 5.78 Å². The standard InChI is InChI=1S/C22H23NO6/c1-5-26-15-10-11-16-18(13-15)28-19(20(16)24)12-14-8-7-9-17(27-6-2)21(14)29-22(25)23(3)4/h7-13H,5-6H2,1-4H3/b19-12-. The van der Waals surface area contributed by atoms with E-state index in [4.69, 9.17) is 18.9 Å². The molecule has 2 aromatic carbocycles. The van der Waals surface area contributed by atoms with E-state index in [0.29, 0.717) is 41.6 Å². The van der Waals surface area contributed by atoms with Crippen LogP contribution in [-0.4, -0.2) is 44.1 Å². The minimum Gasteiger partial charge on any atom is -0.494 e. The van der Waals surface area contributed by atoms with Crippen LogP contribution in [-0.2, 0) is 0 Å². The molecule has 7 heteroatoms. The molecule has 0 radical (unpaired) electrons. The van der Waals surface area contributed by atoms with Crippen molar-refractivity contribution >= 4 is 18.0 Å². The lowest BCUT2D eigenvalue weighted by Gasteiger charge is -2.16. The molecule has 0 bridgehead atoms. The van der Waals surface area contributed by atoms with Crippen molar-refractivity contribution in [2.75, 3.05) is 27.3 Å². The zero-order valence-corrected chi connectivity index (χ0v) is 16.9. The molecule has 0 atom stereocenters. The number of hydrogen-bond donors (Lipinski definition) is 0. The van der Waals surface area contributed by atoms with Crippen LogP contribution in [0.4, 0.5) is 4.79 Å². The first-order valence-corrected chi connectivity index (χ1v) is 9.30. The highest BCUT2D eigenvalue weighted by Gasteiger charge is 2.28. The topological polar surface area (TPSA) is 74.3 Å². The van der Waals surface area contributed by atoms with E-state index in [2.05, 4.69) is 0 Å². The van der Waals surface area contributed by atoms with E-state index in [1.165, 1.54) is 4.90 Å². The third-order valence-electron chi connectivity index (χ3n) is 4.10. The Hall–Kier alpha value is -3.48. The number of rotatable bonds is 6. The van der Waals surface area contributed by atoms with E-state index in [0.717, 1.165) is 0 Å². The monoisotopic (exact) mass is 397 g/mol. The second kappa shape index (κ2) is 8.68. The molecule has 0 saturated carbocycles. The van der Waals surface area contributed by atoms with Crippen LogP contribution in [0.2, 0.25) is 0 Å². The zero-order chi connectivity index (χ0) is 21.0. The summed E-state index contributed by atoms with van der Waals surface area (Å²) in [7, 11) is 3.17. The molecule has 2 aromatic rings. The van der Waals surface area contributed by atoms with Crippen LogP contribution >= 0.6 is 0 Å². The highest BCUT2D eigenvalue weighted by atomic mass is 16.6. The molecule has 0 fully saturated rings. The molecule has 1 aliphatic rings. The number of benzene rings is 2. The van der Waals surface area contributed by atoms with Gasteiger partial charge in [-0.3, -0.25) is 4.79 Å². The van der Waals surface area contributed by atoms with Crippen LogP contribution in [0.3, 0.4) is 0 Å². The molecule has 3 rings (SSSR count). The van der Waals surface area contributed by atoms with Crippen LogP contribution in [0.1, 0.15) is 29.8 Å². The fraction of sp³-hybridized carbons (Fsp3) is 0.273. The van der Waals surface area contributed by atoms with Gasteiger partial charge in [-0.2, -0.15) is 0 Å². The van der Waals surface area contributed by atoms with Gasteiger partial charge in [0.25, 0.3) is 0 Å². The number of ether oxygens (including phenoxy) is 4. The Morgan fingerprint density at radius 3 is 2.55 bits per heavy atom. The van der Waals surface area contributed by atoms with Gasteiger partial charge in [0.05, 0.1) is 18.8 Å². The smallest absolute Gasteiger partial charge is 0.414 e. The fourth-order valence-corrected chi connectivity index (χ4v) is 2.77. The largest absolute Gasteiger partial charge is 0.494 e. The number of Topliss-reactive ketones (excluding diaryl/α,β-unsaturated/α-hetero) is 1. The van der Waals surface area contributed by atoms with Gasteiger partial charge in [-0.1, -0.05) is 12.1 Å². The van der Waals surface area contributed by atoms with Gasteiger partial charge in [-0.15, -0.1) is 0 Å². The Kier molecular flexibility index (Phi) is 6.07. The Morgan fingerprint density at radius 2 is 1.86 bits per heavy atom. The van der Waals surface area contributed by atoms with E-state index in [9.17, 15) is 9.59 Å². The maximum atomic E-state index is 12.7. The van der Waals surface area contributed by atoms with Crippen LogP contribution < -0.4 is 18.9 Å². The van der Waals surface area contributed by atoms with Crippen LogP contribution in [0.15, 0.2) is 42.2 Å². The summed E-state index contributed by atoms with van der Waals surface area (Å²) in [5.74, 6) is 1.56. The molecule has 0 aromatic heterocycles. The SMILES string of the molecule is CCOc1ccc2c(c1)O/C(=C\c1cccc(OCC)c1OC(=O)N(C)C)C2=O. The predicted octanol–water partition coefficient (Wildman–Crippen LogP) is 4.16. The van der Waals surface area contributed by atoms with Crippen molar-refractivity contribution in [3.05, 3.63) is 53.3 Å². The van der Waals surface area contributed by atoms with Gasteiger partial charge in [0.15, 0.2) is 17.3 Å². The molecule has 7 nitrogen and oxygen atoms in total. The van der Waals surface area contributed by atoms with Crippen molar-refractivity contribution in [2.45, 2.75) is 13.8 Å². The molecule has 1 amide bonds. The minimum atomic E-state index is -0.555. The lowest BCUT2D eigenvalue weighted by atomic mass is 10.1. The van der Waals surface area contributed by atoms with Crippen molar-refractivity contribution in [2.24, 2.45) is 0 Å². The Labute approximate surface area is 169 Å². The summed E-state index contributed by atoms with van der Waals surface area (Å²) in [5.41, 5.74) is 0.944. The van der Waals surface area contributed by atoms with Gasteiger partial charge in [-0.05, 0) is 38.1 Å². The number of carbonyl (C=O) groups excluding carboxylic acids is 2. The van der Waals surface area contributed by atoms with Crippen molar-refractivity contribution in [1.82, 2.24) is 4.90 Å². The van der Waals surface area contributed by atoms with Crippen molar-refractivity contribution < 1.29 is 28.5 Å². The molecule has 0 N–H and O–H groups in total. The lowest BCUT2D eigenvalue weighted by Crippen LogP contribution is -2.25. The third-order valence-corrected chi connectivity index (χ3v) is 4.10. The average molecular weight is 397 g/mol. The zero-order valence-electron chi connectivity index (χ0n) is 16.9. The van der Waals surface area contributed by atoms with E-state index in [1.807, 2.05) is 13.8 Å². The number of fused-ring (bicyclic) bond motifs is 1. The van der Waals surface area contributed by atoms with Gasteiger partial charge in [0, 0.05) is 25.7 Å². The number of ketones is 1. The highest BCUT2D eigenvalue weighted by molar-refractivity contribution is 6.14. The number of carbonyl (C=O) groups is 2. The van der Waals surface area contributed by atoms with Gasteiger partial charge in [0.1, 0.15) is 11.5 Å². The normalized spacial score (nSPS) is 13.7. The van der Waals surface area contributed by atoms with Crippen LogP contribution in [0.5, 0.6) is 23.0 Å². The Morgan fingerprint density at radius 1 is 1.10 bits per heavy atom. The first-order chi connectivity index (χ1) is 13.9. The quantitative estimate of drug-likeness (QED) is 0.682. The van der Waals surface area contributed by atoms with Crippen LogP contribution in [0.25, 0.3) is 6.08 Å². The third kappa shape index (κ3) is 4.34. The molecule has 29 heavy (non-hydrogen) atoms. The van der Waals surface area contributed by atoms with Crippen LogP contribution in [0, 0.1) is 0 Å². The Bertz CT molecular complexity index is 964. The summed E-state index contributed by atoms with van der Waals surface area (Å²) in [4.78, 5) is 26.2. The summed E-state index contributed by atoms with van der Waals surface area (Å²) < 4.78 is 22.3. The minimum absolute atomic E-state index is 0.129. The van der Waals surface area contributed by atoms with E-state index >= 15 is 0 Å². The van der Waals surface area contributed by atoms with Gasteiger partial charge < -0.3 is 23.8 Å². The van der Waals surface area contributed by atoms with E-state index in [-0.39, 0.29) is 17.3 Å². The summed E-state index contributed by atoms with van der Waals surface area (Å²) in [6.07, 6.45) is 0.990.